The van der Waals surface area contributed by atoms with Crippen LogP contribution < -0.4 is 5.32 Å². The van der Waals surface area contributed by atoms with Crippen LogP contribution in [0.4, 0.5) is 0 Å². The molecule has 1 spiro atoms. The Morgan fingerprint density at radius 1 is 1.45 bits per heavy atom. The maximum Gasteiger partial charge on any atom is 0.231 e. The van der Waals surface area contributed by atoms with Crippen LogP contribution in [0, 0.1) is 11.3 Å². The summed E-state index contributed by atoms with van der Waals surface area (Å²) in [7, 11) is 0. The largest absolute Gasteiger partial charge is 0.396 e. The van der Waals surface area contributed by atoms with E-state index in [1.54, 1.807) is 12.1 Å². The van der Waals surface area contributed by atoms with E-state index in [2.05, 4.69) is 11.4 Å². The van der Waals surface area contributed by atoms with Gasteiger partial charge in [-0.05, 0) is 36.6 Å². The molecule has 2 aliphatic heterocycles. The Bertz CT molecular complexity index is 616. The molecule has 20 heavy (non-hydrogen) atoms. The number of nitrogens with one attached hydrogen (secondary N) is 1. The number of rotatable bonds is 2. The molecule has 2 N–H and O–H groups in total. The maximum atomic E-state index is 12.5. The van der Waals surface area contributed by atoms with Gasteiger partial charge in [-0.25, -0.2) is 0 Å². The maximum absolute atomic E-state index is 12.5. The predicted octanol–water partition coefficient (Wildman–Crippen LogP) is 0.554. The molecule has 3 rings (SSSR count). The van der Waals surface area contributed by atoms with Crippen molar-refractivity contribution in [2.75, 3.05) is 19.8 Å². The Kier molecular flexibility index (Phi) is 2.82. The summed E-state index contributed by atoms with van der Waals surface area (Å²) in [5, 5.41) is 21.4. The van der Waals surface area contributed by atoms with Gasteiger partial charge >= 0.3 is 0 Å². The molecule has 0 bridgehead atoms. The summed E-state index contributed by atoms with van der Waals surface area (Å²) in [6.45, 7) is 2.63. The summed E-state index contributed by atoms with van der Waals surface area (Å²) in [4.78, 5) is 12.5. The fourth-order valence-electron chi connectivity index (χ4n) is 3.04. The van der Waals surface area contributed by atoms with Crippen LogP contribution in [0.15, 0.2) is 18.2 Å². The fourth-order valence-corrected chi connectivity index (χ4v) is 3.04. The Morgan fingerprint density at radius 2 is 2.20 bits per heavy atom. The monoisotopic (exact) mass is 272 g/mol. The number of ether oxygens (including phenoxy) is 1. The lowest BCUT2D eigenvalue weighted by atomic mass is 9.67. The van der Waals surface area contributed by atoms with Crippen molar-refractivity contribution in [3.63, 3.8) is 0 Å². The molecule has 1 saturated heterocycles. The minimum absolute atomic E-state index is 0.0797. The smallest absolute Gasteiger partial charge is 0.231 e. The van der Waals surface area contributed by atoms with Crippen LogP contribution in [0.3, 0.4) is 0 Å². The van der Waals surface area contributed by atoms with Gasteiger partial charge in [0.2, 0.25) is 5.91 Å². The number of benzene rings is 1. The lowest BCUT2D eigenvalue weighted by molar-refractivity contribution is -0.142. The van der Waals surface area contributed by atoms with E-state index in [9.17, 15) is 9.90 Å². The minimum atomic E-state index is -0.808. The molecule has 0 aliphatic carbocycles. The third-order valence-electron chi connectivity index (χ3n) is 4.42. The van der Waals surface area contributed by atoms with Crippen molar-refractivity contribution in [1.29, 1.82) is 5.26 Å². The molecule has 104 valence electrons. The van der Waals surface area contributed by atoms with Crippen molar-refractivity contribution in [2.45, 2.75) is 24.3 Å². The molecule has 0 radical (unpaired) electrons. The average molecular weight is 272 g/mol. The molecule has 5 nitrogen and oxygen atoms in total. The number of carbonyl (C=O) groups is 1. The predicted molar refractivity (Wildman–Crippen MR) is 70.9 cm³/mol. The van der Waals surface area contributed by atoms with Gasteiger partial charge in [0.25, 0.3) is 0 Å². The molecule has 1 unspecified atom stereocenters. The van der Waals surface area contributed by atoms with Crippen molar-refractivity contribution in [3.8, 4) is 6.07 Å². The van der Waals surface area contributed by atoms with Crippen molar-refractivity contribution < 1.29 is 14.6 Å². The van der Waals surface area contributed by atoms with Crippen LogP contribution in [-0.2, 0) is 20.5 Å². The van der Waals surface area contributed by atoms with Gasteiger partial charge in [-0.3, -0.25) is 4.79 Å². The van der Waals surface area contributed by atoms with Crippen LogP contribution in [0.1, 0.15) is 30.0 Å². The van der Waals surface area contributed by atoms with E-state index in [1.807, 2.05) is 13.0 Å². The first kappa shape index (κ1) is 13.1. The number of hydrogen-bond donors (Lipinski definition) is 2. The molecule has 5 heteroatoms. The van der Waals surface area contributed by atoms with E-state index < -0.39 is 11.0 Å². The summed E-state index contributed by atoms with van der Waals surface area (Å²) in [6, 6.07) is 7.53. The summed E-state index contributed by atoms with van der Waals surface area (Å²) >= 11 is 0. The molecule has 1 fully saturated rings. The van der Waals surface area contributed by atoms with Gasteiger partial charge in [0, 0.05) is 6.61 Å². The van der Waals surface area contributed by atoms with Crippen LogP contribution in [0.25, 0.3) is 0 Å². The van der Waals surface area contributed by atoms with Crippen molar-refractivity contribution >= 4 is 5.91 Å². The highest BCUT2D eigenvalue weighted by Crippen LogP contribution is 2.43. The van der Waals surface area contributed by atoms with Gasteiger partial charge in [-0.2, -0.15) is 5.26 Å². The Balaban J connectivity index is 2.21. The number of fused-ring (bicyclic) bond motifs is 2. The van der Waals surface area contributed by atoms with E-state index in [4.69, 9.17) is 10.00 Å². The minimum Gasteiger partial charge on any atom is -0.396 e. The summed E-state index contributed by atoms with van der Waals surface area (Å²) < 4.78 is 5.28. The fraction of sp³-hybridized carbons (Fsp3) is 0.467. The quantitative estimate of drug-likeness (QED) is 0.824. The second-order valence-electron chi connectivity index (χ2n) is 5.71. The van der Waals surface area contributed by atoms with Crippen molar-refractivity contribution in [3.05, 3.63) is 34.9 Å². The van der Waals surface area contributed by atoms with E-state index in [-0.39, 0.29) is 12.5 Å². The van der Waals surface area contributed by atoms with Crippen LogP contribution >= 0.6 is 0 Å². The highest BCUT2D eigenvalue weighted by molar-refractivity contribution is 5.91. The second-order valence-corrected chi connectivity index (χ2v) is 5.71. The Morgan fingerprint density at radius 3 is 2.75 bits per heavy atom. The molecule has 0 aromatic heterocycles. The third kappa shape index (κ3) is 1.59. The second kappa shape index (κ2) is 4.30. The van der Waals surface area contributed by atoms with E-state index in [1.165, 1.54) is 0 Å². The first-order valence-electron chi connectivity index (χ1n) is 6.62. The standard InChI is InChI=1S/C15H16N2O3/c1-14(4-5-18)12-6-10(7-16)2-3-11(12)15(8-20-9-15)17-13(14)19/h2-3,6,18H,4-5,8-9H2,1H3,(H,17,19). The molecule has 0 saturated carbocycles. The number of aliphatic hydroxyl groups is 1. The SMILES string of the molecule is CC1(CCO)C(=O)NC2(COC2)c2ccc(C#N)cc21. The van der Waals surface area contributed by atoms with E-state index in [0.29, 0.717) is 25.2 Å². The van der Waals surface area contributed by atoms with Crippen LogP contribution in [0.5, 0.6) is 0 Å². The molecular formula is C15H16N2O3. The van der Waals surface area contributed by atoms with Crippen LogP contribution in [-0.4, -0.2) is 30.8 Å². The van der Waals surface area contributed by atoms with Crippen molar-refractivity contribution in [2.24, 2.45) is 0 Å². The topological polar surface area (TPSA) is 82.3 Å². The third-order valence-corrected chi connectivity index (χ3v) is 4.42. The molecule has 1 atom stereocenters. The van der Waals surface area contributed by atoms with Crippen molar-refractivity contribution in [1.82, 2.24) is 5.32 Å². The lowest BCUT2D eigenvalue weighted by Crippen LogP contribution is -2.66. The Labute approximate surface area is 117 Å². The van der Waals surface area contributed by atoms with Crippen LogP contribution in [0.2, 0.25) is 0 Å². The van der Waals surface area contributed by atoms with E-state index in [0.717, 1.165) is 11.1 Å². The zero-order valence-corrected chi connectivity index (χ0v) is 11.3. The number of nitriles is 1. The molecule has 2 heterocycles. The van der Waals surface area contributed by atoms with Gasteiger partial charge in [0.1, 0.15) is 5.54 Å². The molecule has 2 aliphatic rings. The lowest BCUT2D eigenvalue weighted by Gasteiger charge is -2.50. The molecule has 1 amide bonds. The van der Waals surface area contributed by atoms with Gasteiger partial charge in [-0.15, -0.1) is 0 Å². The van der Waals surface area contributed by atoms with Gasteiger partial charge < -0.3 is 15.2 Å². The average Bonchev–Trinajstić information content (AvgIpc) is 2.41. The number of aliphatic hydroxyl groups excluding tert-OH is 1. The summed E-state index contributed by atoms with van der Waals surface area (Å²) in [6.07, 6.45) is 0.331. The zero-order valence-electron chi connectivity index (χ0n) is 11.3. The van der Waals surface area contributed by atoms with Gasteiger partial charge in [0.15, 0.2) is 0 Å². The van der Waals surface area contributed by atoms with Gasteiger partial charge in [-0.1, -0.05) is 6.07 Å². The number of hydrogen-bond acceptors (Lipinski definition) is 4. The Hall–Kier alpha value is -1.90. The highest BCUT2D eigenvalue weighted by atomic mass is 16.5. The van der Waals surface area contributed by atoms with Gasteiger partial charge in [0.05, 0.1) is 30.3 Å². The first-order chi connectivity index (χ1) is 9.55. The molecular weight excluding hydrogens is 256 g/mol. The first-order valence-corrected chi connectivity index (χ1v) is 6.62. The summed E-state index contributed by atoms with van der Waals surface area (Å²) in [5.74, 6) is -0.113. The molecule has 1 aromatic carbocycles. The summed E-state index contributed by atoms with van der Waals surface area (Å²) in [5.41, 5.74) is 1.08. The van der Waals surface area contributed by atoms with E-state index >= 15 is 0 Å². The number of nitrogens with zero attached hydrogens (tertiary/aromatic N) is 1. The number of carbonyl (C=O) groups excluding carboxylic acids is 1. The zero-order chi connectivity index (χ0) is 14.4. The molecule has 1 aromatic rings. The number of amides is 1. The normalized spacial score (nSPS) is 26.4. The highest BCUT2D eigenvalue weighted by Gasteiger charge is 2.53.